The number of likely N-dealkylation sites (N-methyl/N-ethyl adjacent to an activating group) is 1. The largest absolute Gasteiger partial charge is 0.486 e. The van der Waals surface area contributed by atoms with E-state index in [1.54, 1.807) is 0 Å². The minimum atomic E-state index is 0.649. The molecule has 3 rings (SSSR count). The average Bonchev–Trinajstić information content (AvgIpc) is 2.56. The minimum Gasteiger partial charge on any atom is -0.486 e. The first-order valence-corrected chi connectivity index (χ1v) is 8.55. The van der Waals surface area contributed by atoms with Crippen molar-refractivity contribution in [2.75, 3.05) is 26.8 Å². The molecule has 3 heteroatoms. The Morgan fingerprint density at radius 2 is 1.86 bits per heavy atom. The fourth-order valence-corrected chi connectivity index (χ4v) is 3.32. The molecule has 0 spiro atoms. The Hall–Kier alpha value is -1.48. The molecule has 0 bridgehead atoms. The lowest BCUT2D eigenvalue weighted by atomic mass is 9.89. The van der Waals surface area contributed by atoms with Crippen molar-refractivity contribution in [3.63, 3.8) is 0 Å². The first-order chi connectivity index (χ1) is 10.8. The molecule has 22 heavy (non-hydrogen) atoms. The standard InChI is InChI=1S/C19H27NO2/c1-20(11-5-8-16-6-3-2-4-7-16)15-17-9-10-18-19(14-17)22-13-12-21-18/h5,8-10,14,16H,2-4,6-7,11-13,15H2,1H3/b8-5+. The van der Waals surface area contributed by atoms with Gasteiger partial charge in [-0.25, -0.2) is 0 Å². The Kier molecular flexibility index (Phi) is 5.38. The molecule has 0 amide bonds. The number of ether oxygens (including phenoxy) is 2. The van der Waals surface area contributed by atoms with E-state index in [-0.39, 0.29) is 0 Å². The summed E-state index contributed by atoms with van der Waals surface area (Å²) in [5, 5.41) is 0. The van der Waals surface area contributed by atoms with Gasteiger partial charge in [-0.1, -0.05) is 37.5 Å². The Balaban J connectivity index is 1.48. The highest BCUT2D eigenvalue weighted by Gasteiger charge is 2.12. The van der Waals surface area contributed by atoms with Crippen LogP contribution in [0.5, 0.6) is 11.5 Å². The molecule has 2 aliphatic rings. The maximum atomic E-state index is 5.65. The third-order valence-electron chi connectivity index (χ3n) is 4.53. The van der Waals surface area contributed by atoms with E-state index in [0.717, 1.165) is 30.5 Å². The fourth-order valence-electron chi connectivity index (χ4n) is 3.32. The molecule has 120 valence electrons. The molecular weight excluding hydrogens is 274 g/mol. The Labute approximate surface area is 133 Å². The van der Waals surface area contributed by atoms with Crippen LogP contribution in [0.25, 0.3) is 0 Å². The van der Waals surface area contributed by atoms with Crippen molar-refractivity contribution in [1.29, 1.82) is 0 Å². The smallest absolute Gasteiger partial charge is 0.161 e. The van der Waals surface area contributed by atoms with Crippen molar-refractivity contribution in [2.24, 2.45) is 5.92 Å². The summed E-state index contributed by atoms with van der Waals surface area (Å²) in [5.74, 6) is 2.57. The quantitative estimate of drug-likeness (QED) is 0.767. The predicted molar refractivity (Wildman–Crippen MR) is 89.5 cm³/mol. The zero-order valence-electron chi connectivity index (χ0n) is 13.6. The molecule has 0 radical (unpaired) electrons. The van der Waals surface area contributed by atoms with Gasteiger partial charge in [-0.2, -0.15) is 0 Å². The van der Waals surface area contributed by atoms with Crippen molar-refractivity contribution in [1.82, 2.24) is 4.90 Å². The van der Waals surface area contributed by atoms with Gasteiger partial charge < -0.3 is 9.47 Å². The topological polar surface area (TPSA) is 21.7 Å². The molecule has 0 atom stereocenters. The lowest BCUT2D eigenvalue weighted by Gasteiger charge is -2.21. The normalized spacial score (nSPS) is 19.0. The molecular formula is C19H27NO2. The van der Waals surface area contributed by atoms with Crippen molar-refractivity contribution < 1.29 is 9.47 Å². The van der Waals surface area contributed by atoms with Crippen LogP contribution in [0, 0.1) is 5.92 Å². The van der Waals surface area contributed by atoms with Gasteiger partial charge in [-0.3, -0.25) is 4.90 Å². The van der Waals surface area contributed by atoms with E-state index in [9.17, 15) is 0 Å². The van der Waals surface area contributed by atoms with Gasteiger partial charge in [0.1, 0.15) is 13.2 Å². The summed E-state index contributed by atoms with van der Waals surface area (Å²) in [7, 11) is 2.17. The number of hydrogen-bond acceptors (Lipinski definition) is 3. The minimum absolute atomic E-state index is 0.649. The van der Waals surface area contributed by atoms with E-state index < -0.39 is 0 Å². The lowest BCUT2D eigenvalue weighted by molar-refractivity contribution is 0.171. The fraction of sp³-hybridized carbons (Fsp3) is 0.579. The number of hydrogen-bond donors (Lipinski definition) is 0. The lowest BCUT2D eigenvalue weighted by Crippen LogP contribution is -2.19. The van der Waals surface area contributed by atoms with Gasteiger partial charge in [0.15, 0.2) is 11.5 Å². The van der Waals surface area contributed by atoms with Crippen molar-refractivity contribution in [3.8, 4) is 11.5 Å². The second-order valence-electron chi connectivity index (χ2n) is 6.50. The number of nitrogens with zero attached hydrogens (tertiary/aromatic N) is 1. The van der Waals surface area contributed by atoms with Gasteiger partial charge in [0.05, 0.1) is 0 Å². The maximum absolute atomic E-state index is 5.65. The molecule has 3 nitrogen and oxygen atoms in total. The van der Waals surface area contributed by atoms with Crippen LogP contribution >= 0.6 is 0 Å². The van der Waals surface area contributed by atoms with Gasteiger partial charge in [-0.05, 0) is 43.5 Å². The molecule has 0 unspecified atom stereocenters. The van der Waals surface area contributed by atoms with E-state index in [2.05, 4.69) is 36.2 Å². The van der Waals surface area contributed by atoms with E-state index in [4.69, 9.17) is 9.47 Å². The third kappa shape index (κ3) is 4.26. The molecule has 1 fully saturated rings. The van der Waals surface area contributed by atoms with Crippen molar-refractivity contribution >= 4 is 0 Å². The first kappa shape index (κ1) is 15.4. The second-order valence-corrected chi connectivity index (χ2v) is 6.50. The monoisotopic (exact) mass is 301 g/mol. The highest BCUT2D eigenvalue weighted by atomic mass is 16.6. The summed E-state index contributed by atoms with van der Waals surface area (Å²) >= 11 is 0. The molecule has 0 saturated heterocycles. The van der Waals surface area contributed by atoms with Gasteiger partial charge in [-0.15, -0.1) is 0 Å². The number of rotatable bonds is 5. The van der Waals surface area contributed by atoms with Crippen LogP contribution in [-0.2, 0) is 6.54 Å². The molecule has 1 aliphatic carbocycles. The molecule has 1 aromatic rings. The van der Waals surface area contributed by atoms with Crippen LogP contribution in [0.4, 0.5) is 0 Å². The summed E-state index contributed by atoms with van der Waals surface area (Å²) in [4.78, 5) is 2.34. The third-order valence-corrected chi connectivity index (χ3v) is 4.53. The molecule has 0 aromatic heterocycles. The highest BCUT2D eigenvalue weighted by Crippen LogP contribution is 2.31. The number of fused-ring (bicyclic) bond motifs is 1. The molecule has 1 heterocycles. The van der Waals surface area contributed by atoms with Crippen LogP contribution in [0.3, 0.4) is 0 Å². The van der Waals surface area contributed by atoms with Crippen LogP contribution in [0.1, 0.15) is 37.7 Å². The average molecular weight is 301 g/mol. The van der Waals surface area contributed by atoms with E-state index in [1.165, 1.54) is 37.7 Å². The van der Waals surface area contributed by atoms with Crippen LogP contribution in [-0.4, -0.2) is 31.7 Å². The van der Waals surface area contributed by atoms with Crippen molar-refractivity contribution in [3.05, 3.63) is 35.9 Å². The Morgan fingerprint density at radius 3 is 2.68 bits per heavy atom. The van der Waals surface area contributed by atoms with E-state index >= 15 is 0 Å². The molecule has 1 aliphatic heterocycles. The summed E-state index contributed by atoms with van der Waals surface area (Å²) in [6.07, 6.45) is 11.8. The first-order valence-electron chi connectivity index (χ1n) is 8.55. The Bertz CT molecular complexity index is 506. The van der Waals surface area contributed by atoms with Crippen LogP contribution in [0.2, 0.25) is 0 Å². The summed E-state index contributed by atoms with van der Waals surface area (Å²) < 4.78 is 11.2. The Morgan fingerprint density at radius 1 is 1.09 bits per heavy atom. The maximum Gasteiger partial charge on any atom is 0.161 e. The summed E-state index contributed by atoms with van der Waals surface area (Å²) in [6, 6.07) is 6.26. The summed E-state index contributed by atoms with van der Waals surface area (Å²) in [6.45, 7) is 3.24. The van der Waals surface area contributed by atoms with Gasteiger partial charge >= 0.3 is 0 Å². The molecule has 0 N–H and O–H groups in total. The van der Waals surface area contributed by atoms with Gasteiger partial charge in [0.2, 0.25) is 0 Å². The molecule has 1 saturated carbocycles. The zero-order chi connectivity index (χ0) is 15.2. The van der Waals surface area contributed by atoms with Gasteiger partial charge in [0.25, 0.3) is 0 Å². The number of allylic oxidation sites excluding steroid dienone is 1. The predicted octanol–water partition coefficient (Wildman–Crippen LogP) is 4.03. The highest BCUT2D eigenvalue weighted by molar-refractivity contribution is 5.43. The van der Waals surface area contributed by atoms with E-state index in [0.29, 0.717) is 13.2 Å². The number of benzene rings is 1. The van der Waals surface area contributed by atoms with Gasteiger partial charge in [0, 0.05) is 13.1 Å². The zero-order valence-corrected chi connectivity index (χ0v) is 13.6. The van der Waals surface area contributed by atoms with E-state index in [1.807, 2.05) is 6.07 Å². The summed E-state index contributed by atoms with van der Waals surface area (Å²) in [5.41, 5.74) is 1.28. The van der Waals surface area contributed by atoms with Crippen molar-refractivity contribution in [2.45, 2.75) is 38.6 Å². The second kappa shape index (κ2) is 7.68. The SMILES string of the molecule is CN(C/C=C/C1CCCCC1)Cc1ccc2c(c1)OCCO2. The van der Waals surface area contributed by atoms with Crippen LogP contribution in [0.15, 0.2) is 30.4 Å². The molecule has 1 aromatic carbocycles. The van der Waals surface area contributed by atoms with Crippen LogP contribution < -0.4 is 9.47 Å².